The van der Waals surface area contributed by atoms with Crippen LogP contribution >= 0.6 is 35.3 Å². The molecule has 7 nitrogen and oxygen atoms in total. The summed E-state index contributed by atoms with van der Waals surface area (Å²) in [4.78, 5) is 15.7. The lowest BCUT2D eigenvalue weighted by atomic mass is 10.4. The van der Waals surface area contributed by atoms with E-state index >= 15 is 0 Å². The van der Waals surface area contributed by atoms with E-state index in [0.717, 1.165) is 33.7 Å². The van der Waals surface area contributed by atoms with E-state index in [1.807, 2.05) is 26.1 Å². The second-order valence-corrected chi connectivity index (χ2v) is 7.33. The lowest BCUT2D eigenvalue weighted by Crippen LogP contribution is -2.38. The predicted octanol–water partition coefficient (Wildman–Crippen LogP) is 3.63. The Morgan fingerprint density at radius 1 is 1.36 bits per heavy atom. The van der Waals surface area contributed by atoms with E-state index in [1.165, 1.54) is 0 Å². The smallest absolute Gasteiger partial charge is 0.194 e. The molecule has 0 fully saturated rings. The quantitative estimate of drug-likeness (QED) is 0.309. The summed E-state index contributed by atoms with van der Waals surface area (Å²) in [5.41, 5.74) is 4.10. The number of halogens is 1. The van der Waals surface area contributed by atoms with Crippen molar-refractivity contribution in [2.45, 2.75) is 33.0 Å². The Morgan fingerprint density at radius 3 is 2.82 bits per heavy atom. The molecule has 0 radical (unpaired) electrons. The first-order valence-electron chi connectivity index (χ1n) is 8.84. The molecular formula is C19H27IN6OS. The standard InChI is InChI=1S/C19H26N6OS.HI/c1-13-7-6-8-17-22-15(11-25(13)17)9-21-19(20-3)24(4)10-16-12-27-18(23-16)14(2)26-5;/h6-8,11-12,14H,9-10H2,1-5H3,(H,20,21);1H. The van der Waals surface area contributed by atoms with Crippen LogP contribution in [0.5, 0.6) is 0 Å². The second kappa shape index (κ2) is 10.2. The first kappa shape index (κ1) is 22.6. The van der Waals surface area contributed by atoms with Crippen LogP contribution in [0, 0.1) is 6.92 Å². The van der Waals surface area contributed by atoms with Gasteiger partial charge in [-0.15, -0.1) is 35.3 Å². The van der Waals surface area contributed by atoms with Crippen LogP contribution in [0.3, 0.4) is 0 Å². The van der Waals surface area contributed by atoms with Crippen molar-refractivity contribution >= 4 is 46.9 Å². The number of aromatic nitrogens is 3. The number of imidazole rings is 1. The third-order valence-corrected chi connectivity index (χ3v) is 5.47. The Balaban J connectivity index is 0.00000280. The highest BCUT2D eigenvalue weighted by molar-refractivity contribution is 14.0. The molecule has 0 saturated heterocycles. The molecule has 0 aromatic carbocycles. The lowest BCUT2D eigenvalue weighted by molar-refractivity contribution is 0.119. The molecule has 1 atom stereocenters. The summed E-state index contributed by atoms with van der Waals surface area (Å²) >= 11 is 1.62. The van der Waals surface area contributed by atoms with Crippen molar-refractivity contribution < 1.29 is 4.74 Å². The Labute approximate surface area is 186 Å². The predicted molar refractivity (Wildman–Crippen MR) is 125 cm³/mol. The molecule has 0 aliphatic heterocycles. The molecule has 0 aliphatic rings. The first-order chi connectivity index (χ1) is 13.0. The number of fused-ring (bicyclic) bond motifs is 1. The summed E-state index contributed by atoms with van der Waals surface area (Å²) in [6.45, 7) is 5.37. The zero-order valence-electron chi connectivity index (χ0n) is 16.8. The van der Waals surface area contributed by atoms with Gasteiger partial charge in [0.05, 0.1) is 24.5 Å². The van der Waals surface area contributed by atoms with Gasteiger partial charge in [-0.05, 0) is 26.0 Å². The van der Waals surface area contributed by atoms with Gasteiger partial charge >= 0.3 is 0 Å². The number of aliphatic imine (C=N–C) groups is 1. The third-order valence-electron chi connectivity index (χ3n) is 4.42. The van der Waals surface area contributed by atoms with Crippen LogP contribution in [0.15, 0.2) is 34.8 Å². The van der Waals surface area contributed by atoms with Gasteiger partial charge in [0.2, 0.25) is 0 Å². The van der Waals surface area contributed by atoms with E-state index in [9.17, 15) is 0 Å². The molecular weight excluding hydrogens is 487 g/mol. The molecule has 0 bridgehead atoms. The monoisotopic (exact) mass is 514 g/mol. The van der Waals surface area contributed by atoms with Crippen LogP contribution in [-0.4, -0.2) is 46.4 Å². The van der Waals surface area contributed by atoms with Crippen molar-refractivity contribution in [3.8, 4) is 0 Å². The molecule has 28 heavy (non-hydrogen) atoms. The van der Waals surface area contributed by atoms with E-state index in [2.05, 4.69) is 54.1 Å². The number of pyridine rings is 1. The Bertz CT molecular complexity index is 938. The van der Waals surface area contributed by atoms with Crippen LogP contribution in [0.1, 0.15) is 35.1 Å². The van der Waals surface area contributed by atoms with E-state index < -0.39 is 0 Å². The maximum atomic E-state index is 5.33. The highest BCUT2D eigenvalue weighted by atomic mass is 127. The van der Waals surface area contributed by atoms with Gasteiger partial charge in [-0.2, -0.15) is 0 Å². The van der Waals surface area contributed by atoms with Crippen molar-refractivity contribution in [3.63, 3.8) is 0 Å². The van der Waals surface area contributed by atoms with Gasteiger partial charge in [0.1, 0.15) is 16.8 Å². The highest BCUT2D eigenvalue weighted by Gasteiger charge is 2.13. The molecule has 9 heteroatoms. The van der Waals surface area contributed by atoms with Crippen molar-refractivity contribution in [2.24, 2.45) is 4.99 Å². The number of rotatable bonds is 6. The number of nitrogens with zero attached hydrogens (tertiary/aromatic N) is 5. The number of ether oxygens (including phenoxy) is 1. The normalized spacial score (nSPS) is 12.7. The summed E-state index contributed by atoms with van der Waals surface area (Å²) in [6.07, 6.45) is 2.08. The summed E-state index contributed by atoms with van der Waals surface area (Å²) < 4.78 is 7.43. The van der Waals surface area contributed by atoms with Gasteiger partial charge in [0.15, 0.2) is 5.96 Å². The molecule has 1 N–H and O–H groups in total. The number of aryl methyl sites for hydroxylation is 1. The number of methoxy groups -OCH3 is 1. The van der Waals surface area contributed by atoms with Gasteiger partial charge in [0, 0.05) is 38.5 Å². The molecule has 152 valence electrons. The number of hydrogen-bond donors (Lipinski definition) is 1. The summed E-state index contributed by atoms with van der Waals surface area (Å²) in [5, 5.41) is 6.44. The number of guanidine groups is 1. The highest BCUT2D eigenvalue weighted by Crippen LogP contribution is 2.21. The van der Waals surface area contributed by atoms with Crippen LogP contribution in [0.25, 0.3) is 5.65 Å². The summed E-state index contributed by atoms with van der Waals surface area (Å²) in [7, 11) is 5.48. The van der Waals surface area contributed by atoms with Crippen molar-refractivity contribution in [3.05, 3.63) is 51.9 Å². The lowest BCUT2D eigenvalue weighted by Gasteiger charge is -2.20. The maximum Gasteiger partial charge on any atom is 0.194 e. The van der Waals surface area contributed by atoms with Gasteiger partial charge in [0.25, 0.3) is 0 Å². The van der Waals surface area contributed by atoms with E-state index in [-0.39, 0.29) is 30.1 Å². The van der Waals surface area contributed by atoms with Crippen LogP contribution in [-0.2, 0) is 17.8 Å². The minimum absolute atomic E-state index is 0. The molecule has 0 saturated carbocycles. The molecule has 3 aromatic heterocycles. The molecule has 0 spiro atoms. The number of hydrogen-bond acceptors (Lipinski definition) is 5. The van der Waals surface area contributed by atoms with E-state index in [0.29, 0.717) is 13.1 Å². The first-order valence-corrected chi connectivity index (χ1v) is 9.72. The maximum absolute atomic E-state index is 5.33. The average Bonchev–Trinajstić information content (AvgIpc) is 3.29. The minimum Gasteiger partial charge on any atom is -0.375 e. The van der Waals surface area contributed by atoms with Crippen molar-refractivity contribution in [1.29, 1.82) is 0 Å². The molecule has 0 amide bonds. The molecule has 3 heterocycles. The molecule has 0 aliphatic carbocycles. The fourth-order valence-electron chi connectivity index (χ4n) is 2.84. The fraction of sp³-hybridized carbons (Fsp3) is 0.421. The molecule has 1 unspecified atom stereocenters. The summed E-state index contributed by atoms with van der Waals surface area (Å²) in [5.74, 6) is 0.804. The zero-order valence-corrected chi connectivity index (χ0v) is 20.0. The minimum atomic E-state index is 0. The van der Waals surface area contributed by atoms with Gasteiger partial charge in [-0.1, -0.05) is 6.07 Å². The summed E-state index contributed by atoms with van der Waals surface area (Å²) in [6, 6.07) is 6.11. The SMILES string of the molecule is CN=C(NCc1cn2c(C)cccc2n1)N(C)Cc1csc(C(C)OC)n1.I. The van der Waals surface area contributed by atoms with Gasteiger partial charge in [-0.25, -0.2) is 9.97 Å². The fourth-order valence-corrected chi connectivity index (χ4v) is 3.68. The number of nitrogens with one attached hydrogen (secondary N) is 1. The van der Waals surface area contributed by atoms with Crippen molar-refractivity contribution in [1.82, 2.24) is 24.6 Å². The second-order valence-electron chi connectivity index (χ2n) is 6.44. The van der Waals surface area contributed by atoms with Crippen LogP contribution in [0.4, 0.5) is 0 Å². The average molecular weight is 514 g/mol. The van der Waals surface area contributed by atoms with E-state index in [1.54, 1.807) is 25.5 Å². The van der Waals surface area contributed by atoms with E-state index in [4.69, 9.17) is 4.74 Å². The number of thiazole rings is 1. The zero-order chi connectivity index (χ0) is 19.4. The van der Waals surface area contributed by atoms with Crippen molar-refractivity contribution in [2.75, 3.05) is 21.2 Å². The van der Waals surface area contributed by atoms with Gasteiger partial charge < -0.3 is 19.4 Å². The molecule has 3 aromatic rings. The Hall–Kier alpha value is -1.72. The van der Waals surface area contributed by atoms with Crippen LogP contribution < -0.4 is 5.32 Å². The Morgan fingerprint density at radius 2 is 2.14 bits per heavy atom. The largest absolute Gasteiger partial charge is 0.375 e. The third kappa shape index (κ3) is 5.21. The van der Waals surface area contributed by atoms with Gasteiger partial charge in [-0.3, -0.25) is 4.99 Å². The topological polar surface area (TPSA) is 67.0 Å². The van der Waals surface area contributed by atoms with Crippen LogP contribution in [0.2, 0.25) is 0 Å². The Kier molecular flexibility index (Phi) is 8.20. The molecule has 3 rings (SSSR count).